The first-order valence-electron chi connectivity index (χ1n) is 0. The second kappa shape index (κ2) is 16.0. The van der Waals surface area contributed by atoms with Crippen LogP contribution < -0.4 is 0 Å². The molecule has 0 saturated heterocycles. The summed E-state index contributed by atoms with van der Waals surface area (Å²) in [6.07, 6.45) is 0. The van der Waals surface area contributed by atoms with E-state index in [0.29, 0.717) is 0 Å². The van der Waals surface area contributed by atoms with Crippen LogP contribution in [-0.4, -0.2) is 23.1 Å². The maximum Gasteiger partial charge on any atom is 0 e. The van der Waals surface area contributed by atoms with Crippen LogP contribution >= 0.6 is 0 Å². The molecule has 0 N–H and O–H groups in total. The largest absolute Gasteiger partial charge is 0 e. The van der Waals surface area contributed by atoms with E-state index < -0.39 is 0 Å². The Morgan fingerprint density at radius 2 is 1.00 bits per heavy atom. The predicted octanol–water partition coefficient (Wildman–Crippen LogP) is -0.386. The van der Waals surface area contributed by atoms with Crippen molar-refractivity contribution in [3.63, 3.8) is 0 Å². The van der Waals surface area contributed by atoms with Crippen molar-refractivity contribution >= 4 is 23.1 Å². The van der Waals surface area contributed by atoms with Crippen molar-refractivity contribution in [1.29, 1.82) is 0 Å². The maximum atomic E-state index is 0. The van der Waals surface area contributed by atoms with Crippen molar-refractivity contribution in [2.24, 2.45) is 0 Å². The van der Waals surface area contributed by atoms with Gasteiger partial charge in [0, 0.05) is 110 Å². The Balaban J connectivity index is 0. The smallest absolute Gasteiger partial charge is 0 e. The molecule has 0 aromatic carbocycles. The van der Waals surface area contributed by atoms with Crippen molar-refractivity contribution in [2.45, 2.75) is 0 Å². The van der Waals surface area contributed by atoms with E-state index in [0.717, 1.165) is 0 Å². The molecular weight excluding hydrogens is 331 g/mol. The molecule has 0 aromatic rings. The maximum absolute atomic E-state index is 0. The molecule has 0 rings (SSSR count). The molecule has 24 valence electrons. The summed E-state index contributed by atoms with van der Waals surface area (Å²) in [4.78, 5) is 0. The Morgan fingerprint density at radius 1 is 1.00 bits per heavy atom. The van der Waals surface area contributed by atoms with Crippen molar-refractivity contribution < 1.29 is 87.2 Å². The molecule has 4 heteroatoms. The van der Waals surface area contributed by atoms with Gasteiger partial charge in [-0.2, -0.15) is 0 Å². The molecule has 0 aromatic heterocycles. The molecule has 0 saturated carbocycles. The minimum absolute atomic E-state index is 0. The second-order valence-electron chi connectivity index (χ2n) is 0. The van der Waals surface area contributed by atoms with Gasteiger partial charge in [0.05, 0.1) is 0 Å². The van der Waals surface area contributed by atoms with Crippen LogP contribution in [-0.2, 0) is 37.8 Å². The summed E-state index contributed by atoms with van der Waals surface area (Å²) in [5.41, 5.74) is 0. The van der Waals surface area contributed by atoms with Crippen molar-refractivity contribution in [1.82, 2.24) is 0 Å². The summed E-state index contributed by atoms with van der Waals surface area (Å²) >= 11 is 0. The average molecular weight is 331 g/mol. The fourth-order valence-electron chi connectivity index (χ4n) is 0. The van der Waals surface area contributed by atoms with Gasteiger partial charge in [0.15, 0.2) is 0 Å². The first-order valence-corrected chi connectivity index (χ1v) is 0. The molecule has 4 heavy (non-hydrogen) atoms. The fraction of sp³-hybridized carbons (Fsp3) is 0. The third-order valence-electron chi connectivity index (χ3n) is 0. The third-order valence-corrected chi connectivity index (χ3v) is 0. The summed E-state index contributed by atoms with van der Waals surface area (Å²) in [6.45, 7) is 0. The van der Waals surface area contributed by atoms with E-state index in [4.69, 9.17) is 0 Å². The first-order chi connectivity index (χ1) is 0. The normalized spacial score (nSPS) is 0. The van der Waals surface area contributed by atoms with E-state index in [2.05, 4.69) is 0 Å². The number of hydrogen-bond acceptors (Lipinski definition) is 0. The van der Waals surface area contributed by atoms with Gasteiger partial charge >= 0.3 is 0 Å². The van der Waals surface area contributed by atoms with Crippen molar-refractivity contribution in [2.75, 3.05) is 0 Å². The standard InChI is InChI=1S/Co.Eu.Mg.Mo. The van der Waals surface area contributed by atoms with Crippen LogP contribution in [0.15, 0.2) is 0 Å². The SMILES string of the molecule is [Co].[Eu].[Mg].[Mo]. The van der Waals surface area contributed by atoms with Crippen LogP contribution in [0.3, 0.4) is 0 Å². The van der Waals surface area contributed by atoms with Crippen LogP contribution in [0.2, 0.25) is 0 Å². The quantitative estimate of drug-likeness (QED) is 0.531. The molecule has 0 aliphatic rings. The van der Waals surface area contributed by atoms with Crippen LogP contribution in [0.5, 0.6) is 0 Å². The van der Waals surface area contributed by atoms with Crippen LogP contribution in [0.4, 0.5) is 0 Å². The van der Waals surface area contributed by atoms with Gasteiger partial charge in [0.2, 0.25) is 0 Å². The van der Waals surface area contributed by atoms with Crippen LogP contribution in [0.25, 0.3) is 0 Å². The Morgan fingerprint density at radius 3 is 1.00 bits per heavy atom. The fourth-order valence-corrected chi connectivity index (χ4v) is 0. The molecule has 0 unspecified atom stereocenters. The molecular formula is CoEuMgMo. The molecule has 0 nitrogen and oxygen atoms in total. The zero-order valence-electron chi connectivity index (χ0n) is 1.83. The van der Waals surface area contributed by atoms with Gasteiger partial charge in [0.1, 0.15) is 0 Å². The van der Waals surface area contributed by atoms with E-state index in [9.17, 15) is 0 Å². The Labute approximate surface area is 107 Å². The van der Waals surface area contributed by atoms with Crippen LogP contribution in [0.1, 0.15) is 0 Å². The minimum Gasteiger partial charge on any atom is 0 e. The van der Waals surface area contributed by atoms with E-state index in [-0.39, 0.29) is 110 Å². The van der Waals surface area contributed by atoms with E-state index in [1.807, 2.05) is 0 Å². The first kappa shape index (κ1) is 25.7. The van der Waals surface area contributed by atoms with Gasteiger partial charge in [-0.05, 0) is 0 Å². The molecule has 0 aliphatic carbocycles. The Hall–Kier alpha value is 3.55. The zero-order valence-corrected chi connectivity index (χ0v) is 8.71. The van der Waals surface area contributed by atoms with Crippen molar-refractivity contribution in [3.05, 3.63) is 0 Å². The summed E-state index contributed by atoms with van der Waals surface area (Å²) in [7, 11) is 0. The van der Waals surface area contributed by atoms with E-state index >= 15 is 0 Å². The van der Waals surface area contributed by atoms with Crippen molar-refractivity contribution in [3.8, 4) is 0 Å². The molecule has 4 radical (unpaired) electrons. The summed E-state index contributed by atoms with van der Waals surface area (Å²) in [5.74, 6) is 0. The van der Waals surface area contributed by atoms with Gasteiger partial charge in [0.25, 0.3) is 0 Å². The van der Waals surface area contributed by atoms with Gasteiger partial charge in [-0.3, -0.25) is 0 Å². The molecule has 0 atom stereocenters. The molecule has 0 fully saturated rings. The van der Waals surface area contributed by atoms with E-state index in [1.54, 1.807) is 0 Å². The molecule has 0 aliphatic heterocycles. The molecule has 0 bridgehead atoms. The second-order valence-corrected chi connectivity index (χ2v) is 0. The van der Waals surface area contributed by atoms with Gasteiger partial charge in [-0.15, -0.1) is 0 Å². The summed E-state index contributed by atoms with van der Waals surface area (Å²) in [5, 5.41) is 0. The molecule has 0 amide bonds. The average Bonchev–Trinajstić information content (AvgIpc) is 0. The predicted molar refractivity (Wildman–Crippen MR) is 5.75 cm³/mol. The van der Waals surface area contributed by atoms with E-state index in [1.165, 1.54) is 0 Å². The van der Waals surface area contributed by atoms with Gasteiger partial charge < -0.3 is 0 Å². The molecule has 0 spiro atoms. The Bertz CT molecular complexity index is 8.00. The third kappa shape index (κ3) is 9.11. The summed E-state index contributed by atoms with van der Waals surface area (Å²) < 4.78 is 0. The number of rotatable bonds is 0. The monoisotopic (exact) mass is 334 g/mol. The van der Waals surface area contributed by atoms with Crippen LogP contribution in [0, 0.1) is 49.4 Å². The minimum atomic E-state index is 0. The number of hydrogen-bond donors (Lipinski definition) is 0. The molecule has 0 heterocycles. The zero-order chi connectivity index (χ0) is 0. The van der Waals surface area contributed by atoms with Gasteiger partial charge in [-0.25, -0.2) is 0 Å². The topological polar surface area (TPSA) is 0 Å². The Kier molecular flexibility index (Phi) is 103. The van der Waals surface area contributed by atoms with Gasteiger partial charge in [-0.1, -0.05) is 0 Å². The summed E-state index contributed by atoms with van der Waals surface area (Å²) in [6, 6.07) is 0.